The van der Waals surface area contributed by atoms with Crippen LogP contribution in [-0.4, -0.2) is 30.0 Å². The lowest BCUT2D eigenvalue weighted by atomic mass is 10.2. The van der Waals surface area contributed by atoms with Gasteiger partial charge in [-0.1, -0.05) is 11.6 Å². The van der Waals surface area contributed by atoms with Gasteiger partial charge in [0.15, 0.2) is 6.10 Å². The van der Waals surface area contributed by atoms with E-state index in [1.165, 1.54) is 4.90 Å². The highest BCUT2D eigenvalue weighted by molar-refractivity contribution is 6.30. The molecule has 1 aromatic rings. The van der Waals surface area contributed by atoms with Crippen LogP contribution in [0.5, 0.6) is 5.75 Å². The summed E-state index contributed by atoms with van der Waals surface area (Å²) in [5, 5.41) is 17.8. The summed E-state index contributed by atoms with van der Waals surface area (Å²) in [5.74, 6) is 0.302. The van der Waals surface area contributed by atoms with Crippen LogP contribution in [0.2, 0.25) is 5.02 Å². The van der Waals surface area contributed by atoms with Crippen LogP contribution >= 0.6 is 11.6 Å². The van der Waals surface area contributed by atoms with Gasteiger partial charge in [0, 0.05) is 18.1 Å². The van der Waals surface area contributed by atoms with Gasteiger partial charge < -0.3 is 9.64 Å². The van der Waals surface area contributed by atoms with Gasteiger partial charge in [-0.2, -0.15) is 10.5 Å². The summed E-state index contributed by atoms with van der Waals surface area (Å²) < 4.78 is 5.56. The smallest absolute Gasteiger partial charge is 0.263 e. The van der Waals surface area contributed by atoms with E-state index in [0.29, 0.717) is 23.9 Å². The van der Waals surface area contributed by atoms with E-state index >= 15 is 0 Å². The van der Waals surface area contributed by atoms with Gasteiger partial charge in [-0.05, 0) is 31.2 Å². The van der Waals surface area contributed by atoms with Crippen LogP contribution in [0.15, 0.2) is 24.3 Å². The standard InChI is InChI=1S/C15H16ClN3O2/c1-12(21-14-6-4-13(16)5-7-14)15(20)19(10-2-8-17)11-3-9-18/h4-7,12H,2-3,10-11H2,1H3. The quantitative estimate of drug-likeness (QED) is 0.776. The Kier molecular flexibility index (Phi) is 7.08. The van der Waals surface area contributed by atoms with E-state index in [0.717, 1.165) is 0 Å². The second kappa shape index (κ2) is 8.84. The first-order valence-electron chi connectivity index (χ1n) is 6.53. The average Bonchev–Trinajstić information content (AvgIpc) is 2.49. The van der Waals surface area contributed by atoms with Gasteiger partial charge in [-0.15, -0.1) is 0 Å². The lowest BCUT2D eigenvalue weighted by Crippen LogP contribution is -2.41. The lowest BCUT2D eigenvalue weighted by Gasteiger charge is -2.24. The van der Waals surface area contributed by atoms with E-state index < -0.39 is 6.10 Å². The SMILES string of the molecule is CC(Oc1ccc(Cl)cc1)C(=O)N(CCC#N)CCC#N. The maximum absolute atomic E-state index is 12.3. The van der Waals surface area contributed by atoms with Crippen molar-refractivity contribution in [1.29, 1.82) is 10.5 Å². The van der Waals surface area contributed by atoms with Gasteiger partial charge in [0.25, 0.3) is 5.91 Å². The van der Waals surface area contributed by atoms with Crippen molar-refractivity contribution in [2.75, 3.05) is 13.1 Å². The molecule has 0 N–H and O–H groups in total. The second-order valence-electron chi connectivity index (χ2n) is 4.36. The molecule has 1 atom stereocenters. The molecule has 1 amide bonds. The second-order valence-corrected chi connectivity index (χ2v) is 4.79. The van der Waals surface area contributed by atoms with Gasteiger partial charge in [-0.3, -0.25) is 4.79 Å². The molecule has 0 aliphatic carbocycles. The van der Waals surface area contributed by atoms with E-state index in [9.17, 15) is 4.79 Å². The van der Waals surface area contributed by atoms with Crippen molar-refractivity contribution < 1.29 is 9.53 Å². The molecule has 21 heavy (non-hydrogen) atoms. The van der Waals surface area contributed by atoms with Crippen molar-refractivity contribution in [3.05, 3.63) is 29.3 Å². The molecule has 1 unspecified atom stereocenters. The number of amides is 1. The number of nitriles is 2. The molecule has 110 valence electrons. The molecular weight excluding hydrogens is 290 g/mol. The number of hydrogen-bond acceptors (Lipinski definition) is 4. The molecule has 0 bridgehead atoms. The topological polar surface area (TPSA) is 77.1 Å². The molecular formula is C15H16ClN3O2. The third-order valence-corrected chi connectivity index (χ3v) is 3.02. The first-order valence-corrected chi connectivity index (χ1v) is 6.91. The van der Waals surface area contributed by atoms with Gasteiger partial charge in [0.2, 0.25) is 0 Å². The molecule has 6 heteroatoms. The average molecular weight is 306 g/mol. The van der Waals surface area contributed by atoms with Gasteiger partial charge in [0.05, 0.1) is 25.0 Å². The highest BCUT2D eigenvalue weighted by atomic mass is 35.5. The Balaban J connectivity index is 2.66. The molecule has 1 aromatic carbocycles. The number of hydrogen-bond donors (Lipinski definition) is 0. The summed E-state index contributed by atoms with van der Waals surface area (Å²) >= 11 is 5.78. The number of benzene rings is 1. The molecule has 0 aromatic heterocycles. The van der Waals surface area contributed by atoms with Crippen molar-refractivity contribution in [3.63, 3.8) is 0 Å². The molecule has 0 fully saturated rings. The number of rotatable bonds is 7. The van der Waals surface area contributed by atoms with Crippen molar-refractivity contribution in [3.8, 4) is 17.9 Å². The Hall–Kier alpha value is -2.24. The normalized spacial score (nSPS) is 11.0. The van der Waals surface area contributed by atoms with Crippen LogP contribution in [0.3, 0.4) is 0 Å². The Morgan fingerprint density at radius 1 is 1.24 bits per heavy atom. The van der Waals surface area contributed by atoms with Crippen LogP contribution in [-0.2, 0) is 4.79 Å². The summed E-state index contributed by atoms with van der Waals surface area (Å²) in [7, 11) is 0. The maximum Gasteiger partial charge on any atom is 0.263 e. The highest BCUT2D eigenvalue weighted by Crippen LogP contribution is 2.17. The van der Waals surface area contributed by atoms with E-state index in [2.05, 4.69) is 0 Å². The highest BCUT2D eigenvalue weighted by Gasteiger charge is 2.21. The minimum atomic E-state index is -0.691. The fraction of sp³-hybridized carbons (Fsp3) is 0.400. The maximum atomic E-state index is 12.3. The molecule has 0 aliphatic heterocycles. The van der Waals surface area contributed by atoms with E-state index in [-0.39, 0.29) is 18.7 Å². The lowest BCUT2D eigenvalue weighted by molar-refractivity contribution is -0.137. The minimum absolute atomic E-state index is 0.227. The van der Waals surface area contributed by atoms with Crippen molar-refractivity contribution in [1.82, 2.24) is 4.90 Å². The number of ether oxygens (including phenoxy) is 1. The van der Waals surface area contributed by atoms with E-state index in [1.807, 2.05) is 12.1 Å². The van der Waals surface area contributed by atoms with Gasteiger partial charge in [0.1, 0.15) is 5.75 Å². The largest absolute Gasteiger partial charge is 0.481 e. The number of carbonyl (C=O) groups excluding carboxylic acids is 1. The van der Waals surface area contributed by atoms with Crippen LogP contribution in [0.1, 0.15) is 19.8 Å². The predicted octanol–water partition coefficient (Wildman–Crippen LogP) is 2.76. The molecule has 1 rings (SSSR count). The number of carbonyl (C=O) groups is 1. The minimum Gasteiger partial charge on any atom is -0.481 e. The predicted molar refractivity (Wildman–Crippen MR) is 78.6 cm³/mol. The third kappa shape index (κ3) is 5.72. The first kappa shape index (κ1) is 16.8. The molecule has 0 heterocycles. The Morgan fingerprint density at radius 3 is 2.24 bits per heavy atom. The van der Waals surface area contributed by atoms with E-state index in [4.69, 9.17) is 26.9 Å². The number of nitrogens with zero attached hydrogens (tertiary/aromatic N) is 3. The summed E-state index contributed by atoms with van der Waals surface area (Å²) in [4.78, 5) is 13.8. The Bertz CT molecular complexity index is 528. The Morgan fingerprint density at radius 2 is 1.76 bits per heavy atom. The fourth-order valence-corrected chi connectivity index (χ4v) is 1.85. The van der Waals surface area contributed by atoms with Crippen LogP contribution < -0.4 is 4.74 Å². The van der Waals surface area contributed by atoms with Crippen LogP contribution in [0.4, 0.5) is 0 Å². The van der Waals surface area contributed by atoms with Gasteiger partial charge >= 0.3 is 0 Å². The molecule has 0 spiro atoms. The van der Waals surface area contributed by atoms with Crippen molar-refractivity contribution in [2.45, 2.75) is 25.9 Å². The van der Waals surface area contributed by atoms with Crippen molar-refractivity contribution in [2.24, 2.45) is 0 Å². The van der Waals surface area contributed by atoms with E-state index in [1.54, 1.807) is 31.2 Å². The first-order chi connectivity index (χ1) is 10.1. The zero-order chi connectivity index (χ0) is 15.7. The summed E-state index contributed by atoms with van der Waals surface area (Å²) in [6, 6.07) is 10.7. The summed E-state index contributed by atoms with van der Waals surface area (Å²) in [5.41, 5.74) is 0. The molecule has 0 radical (unpaired) electrons. The number of halogens is 1. The summed E-state index contributed by atoms with van der Waals surface area (Å²) in [6.45, 7) is 2.24. The molecule has 0 saturated carbocycles. The van der Waals surface area contributed by atoms with Gasteiger partial charge in [-0.25, -0.2) is 0 Å². The zero-order valence-electron chi connectivity index (χ0n) is 11.8. The van der Waals surface area contributed by atoms with Crippen LogP contribution in [0, 0.1) is 22.7 Å². The molecule has 0 aliphatic rings. The van der Waals surface area contributed by atoms with Crippen LogP contribution in [0.25, 0.3) is 0 Å². The summed E-state index contributed by atoms with van der Waals surface area (Å²) in [6.07, 6.45) is -0.237. The molecule has 5 nitrogen and oxygen atoms in total. The fourth-order valence-electron chi connectivity index (χ4n) is 1.73. The van der Waals surface area contributed by atoms with Crippen molar-refractivity contribution >= 4 is 17.5 Å². The third-order valence-electron chi connectivity index (χ3n) is 2.77. The molecule has 0 saturated heterocycles. The monoisotopic (exact) mass is 305 g/mol. The Labute approximate surface area is 129 Å². The zero-order valence-corrected chi connectivity index (χ0v) is 12.5.